The fourth-order valence-corrected chi connectivity index (χ4v) is 2.91. The van der Waals surface area contributed by atoms with Crippen LogP contribution in [0.1, 0.15) is 36.6 Å². The van der Waals surface area contributed by atoms with Crippen molar-refractivity contribution in [2.45, 2.75) is 33.1 Å². The van der Waals surface area contributed by atoms with Crippen LogP contribution in [0.5, 0.6) is 0 Å². The Morgan fingerprint density at radius 2 is 2.00 bits per heavy atom. The number of rotatable bonds is 5. The highest BCUT2D eigenvalue weighted by Crippen LogP contribution is 2.31. The SMILES string of the molecule is Cc1sc(NC(=O)CCN)nc1-c1ccc(C(C)C)cc1. The van der Waals surface area contributed by atoms with Crippen LogP contribution in [-0.2, 0) is 4.79 Å². The highest BCUT2D eigenvalue weighted by atomic mass is 32.1. The molecule has 0 radical (unpaired) electrons. The first-order chi connectivity index (χ1) is 10.0. The van der Waals surface area contributed by atoms with Crippen molar-refractivity contribution < 1.29 is 4.79 Å². The number of carbonyl (C=O) groups excluding carboxylic acids is 1. The van der Waals surface area contributed by atoms with Gasteiger partial charge in [0.2, 0.25) is 5.91 Å². The van der Waals surface area contributed by atoms with E-state index in [-0.39, 0.29) is 5.91 Å². The smallest absolute Gasteiger partial charge is 0.227 e. The van der Waals surface area contributed by atoms with Gasteiger partial charge in [-0.25, -0.2) is 4.98 Å². The van der Waals surface area contributed by atoms with Crippen LogP contribution in [0.4, 0.5) is 5.13 Å². The predicted molar refractivity (Wildman–Crippen MR) is 88.7 cm³/mol. The Labute approximate surface area is 129 Å². The fraction of sp³-hybridized carbons (Fsp3) is 0.375. The molecule has 0 bridgehead atoms. The van der Waals surface area contributed by atoms with E-state index in [9.17, 15) is 4.79 Å². The van der Waals surface area contributed by atoms with Crippen molar-refractivity contribution in [1.29, 1.82) is 0 Å². The summed E-state index contributed by atoms with van der Waals surface area (Å²) in [4.78, 5) is 17.2. The van der Waals surface area contributed by atoms with Gasteiger partial charge in [-0.3, -0.25) is 4.79 Å². The molecule has 0 aliphatic heterocycles. The Morgan fingerprint density at radius 3 is 2.57 bits per heavy atom. The van der Waals surface area contributed by atoms with Gasteiger partial charge in [-0.15, -0.1) is 11.3 Å². The van der Waals surface area contributed by atoms with Gasteiger partial charge < -0.3 is 11.1 Å². The zero-order chi connectivity index (χ0) is 15.4. The first-order valence-electron chi connectivity index (χ1n) is 7.09. The Kier molecular flexibility index (Phi) is 5.09. The lowest BCUT2D eigenvalue weighted by molar-refractivity contribution is -0.116. The summed E-state index contributed by atoms with van der Waals surface area (Å²) in [7, 11) is 0. The summed E-state index contributed by atoms with van der Waals surface area (Å²) >= 11 is 1.49. The molecule has 112 valence electrons. The van der Waals surface area contributed by atoms with Crippen molar-refractivity contribution in [2.75, 3.05) is 11.9 Å². The Morgan fingerprint density at radius 1 is 1.33 bits per heavy atom. The highest BCUT2D eigenvalue weighted by Gasteiger charge is 2.12. The zero-order valence-electron chi connectivity index (χ0n) is 12.6. The van der Waals surface area contributed by atoms with E-state index in [0.717, 1.165) is 16.1 Å². The lowest BCUT2D eigenvalue weighted by Crippen LogP contribution is -2.15. The maximum absolute atomic E-state index is 11.6. The number of carbonyl (C=O) groups is 1. The summed E-state index contributed by atoms with van der Waals surface area (Å²) in [6.07, 6.45) is 0.317. The molecule has 1 heterocycles. The molecule has 0 saturated heterocycles. The molecular formula is C16H21N3OS. The average Bonchev–Trinajstić information content (AvgIpc) is 2.79. The number of benzene rings is 1. The third kappa shape index (κ3) is 3.89. The standard InChI is InChI=1S/C16H21N3OS/c1-10(2)12-4-6-13(7-5-12)15-11(3)21-16(19-15)18-14(20)8-9-17/h4-7,10H,8-9,17H2,1-3H3,(H,18,19,20). The van der Waals surface area contributed by atoms with E-state index in [2.05, 4.69) is 48.4 Å². The molecule has 0 unspecified atom stereocenters. The predicted octanol–water partition coefficient (Wildman–Crippen LogP) is 3.53. The van der Waals surface area contributed by atoms with Crippen LogP contribution in [0.15, 0.2) is 24.3 Å². The summed E-state index contributed by atoms with van der Waals surface area (Å²) in [5, 5.41) is 3.43. The molecular weight excluding hydrogens is 282 g/mol. The number of nitrogens with one attached hydrogen (secondary N) is 1. The van der Waals surface area contributed by atoms with Crippen LogP contribution >= 0.6 is 11.3 Å². The van der Waals surface area contributed by atoms with Crippen molar-refractivity contribution >= 4 is 22.4 Å². The molecule has 5 heteroatoms. The minimum Gasteiger partial charge on any atom is -0.330 e. The van der Waals surface area contributed by atoms with Gasteiger partial charge in [-0.1, -0.05) is 38.1 Å². The van der Waals surface area contributed by atoms with Gasteiger partial charge in [0.05, 0.1) is 5.69 Å². The quantitative estimate of drug-likeness (QED) is 0.888. The maximum atomic E-state index is 11.6. The molecule has 0 atom stereocenters. The van der Waals surface area contributed by atoms with E-state index in [0.29, 0.717) is 24.0 Å². The second kappa shape index (κ2) is 6.83. The van der Waals surface area contributed by atoms with Crippen LogP contribution in [0.3, 0.4) is 0 Å². The molecule has 1 aromatic carbocycles. The van der Waals surface area contributed by atoms with Gasteiger partial charge >= 0.3 is 0 Å². The Balaban J connectivity index is 2.20. The van der Waals surface area contributed by atoms with Gasteiger partial charge in [0.15, 0.2) is 5.13 Å². The van der Waals surface area contributed by atoms with Crippen LogP contribution in [0, 0.1) is 6.92 Å². The second-order valence-electron chi connectivity index (χ2n) is 5.29. The largest absolute Gasteiger partial charge is 0.330 e. The summed E-state index contributed by atoms with van der Waals surface area (Å²) in [5.74, 6) is 0.426. The molecule has 4 nitrogen and oxygen atoms in total. The summed E-state index contributed by atoms with van der Waals surface area (Å²) in [6.45, 7) is 6.71. The number of thiazole rings is 1. The van der Waals surface area contributed by atoms with Crippen LogP contribution in [0.2, 0.25) is 0 Å². The van der Waals surface area contributed by atoms with Crippen molar-refractivity contribution in [2.24, 2.45) is 5.73 Å². The van der Waals surface area contributed by atoms with Crippen LogP contribution < -0.4 is 11.1 Å². The topological polar surface area (TPSA) is 68.0 Å². The molecule has 0 spiro atoms. The minimum atomic E-state index is -0.0899. The number of nitrogens with two attached hydrogens (primary N) is 1. The van der Waals surface area contributed by atoms with E-state index in [4.69, 9.17) is 5.73 Å². The van der Waals surface area contributed by atoms with Gasteiger partial charge in [0.25, 0.3) is 0 Å². The minimum absolute atomic E-state index is 0.0899. The highest BCUT2D eigenvalue weighted by molar-refractivity contribution is 7.16. The lowest BCUT2D eigenvalue weighted by atomic mass is 10.0. The van der Waals surface area contributed by atoms with Crippen molar-refractivity contribution in [3.8, 4) is 11.3 Å². The van der Waals surface area contributed by atoms with Crippen LogP contribution in [-0.4, -0.2) is 17.4 Å². The number of hydrogen-bond donors (Lipinski definition) is 2. The summed E-state index contributed by atoms with van der Waals surface area (Å²) in [5.41, 5.74) is 8.68. The molecule has 2 rings (SSSR count). The van der Waals surface area contributed by atoms with Crippen LogP contribution in [0.25, 0.3) is 11.3 Å². The molecule has 0 aliphatic rings. The van der Waals surface area contributed by atoms with Gasteiger partial charge in [-0.05, 0) is 18.4 Å². The third-order valence-electron chi connectivity index (χ3n) is 3.27. The molecule has 0 fully saturated rings. The molecule has 1 aromatic heterocycles. The number of amides is 1. The van der Waals surface area contributed by atoms with Gasteiger partial charge in [-0.2, -0.15) is 0 Å². The summed E-state index contributed by atoms with van der Waals surface area (Å²) in [6, 6.07) is 8.43. The first-order valence-corrected chi connectivity index (χ1v) is 7.90. The Bertz CT molecular complexity index is 617. The van der Waals surface area contributed by atoms with E-state index < -0.39 is 0 Å². The number of hydrogen-bond acceptors (Lipinski definition) is 4. The number of aryl methyl sites for hydroxylation is 1. The molecule has 1 amide bonds. The second-order valence-corrected chi connectivity index (χ2v) is 6.49. The maximum Gasteiger partial charge on any atom is 0.227 e. The van der Waals surface area contributed by atoms with Gasteiger partial charge in [0, 0.05) is 23.4 Å². The molecule has 3 N–H and O–H groups in total. The molecule has 0 aliphatic carbocycles. The lowest BCUT2D eigenvalue weighted by Gasteiger charge is -2.06. The number of nitrogens with zero attached hydrogens (tertiary/aromatic N) is 1. The van der Waals surface area contributed by atoms with E-state index >= 15 is 0 Å². The number of aromatic nitrogens is 1. The molecule has 2 aromatic rings. The Hall–Kier alpha value is -1.72. The normalized spacial score (nSPS) is 10.9. The molecule has 0 saturated carbocycles. The van der Waals surface area contributed by atoms with Gasteiger partial charge in [0.1, 0.15) is 0 Å². The zero-order valence-corrected chi connectivity index (χ0v) is 13.5. The van der Waals surface area contributed by atoms with Crippen molar-refractivity contribution in [3.63, 3.8) is 0 Å². The fourth-order valence-electron chi connectivity index (χ4n) is 2.06. The monoisotopic (exact) mass is 303 g/mol. The first kappa shape index (κ1) is 15.7. The van der Waals surface area contributed by atoms with E-state index in [1.807, 2.05) is 6.92 Å². The summed E-state index contributed by atoms with van der Waals surface area (Å²) < 4.78 is 0. The van der Waals surface area contributed by atoms with Crippen molar-refractivity contribution in [1.82, 2.24) is 4.98 Å². The molecule has 21 heavy (non-hydrogen) atoms. The average molecular weight is 303 g/mol. The van der Waals surface area contributed by atoms with E-state index in [1.165, 1.54) is 16.9 Å². The number of anilines is 1. The van der Waals surface area contributed by atoms with Crippen molar-refractivity contribution in [3.05, 3.63) is 34.7 Å². The third-order valence-corrected chi connectivity index (χ3v) is 4.15. The van der Waals surface area contributed by atoms with E-state index in [1.54, 1.807) is 0 Å².